The molecule has 4 nitrogen and oxygen atoms in total. The minimum Gasteiger partial charge on any atom is -0.391 e. The summed E-state index contributed by atoms with van der Waals surface area (Å²) in [7, 11) is -3.17. The van der Waals surface area contributed by atoms with Gasteiger partial charge in [-0.15, -0.1) is 0 Å². The van der Waals surface area contributed by atoms with Crippen molar-refractivity contribution in [2.45, 2.75) is 33.3 Å². The Balaban J connectivity index is 3.88. The van der Waals surface area contributed by atoms with Crippen LogP contribution >= 0.6 is 0 Å². The zero-order chi connectivity index (χ0) is 10.5. The normalized spacial score (nSPS) is 14.8. The van der Waals surface area contributed by atoms with Gasteiger partial charge in [-0.05, 0) is 12.3 Å². The lowest BCUT2D eigenvalue weighted by atomic mass is 10.1. The molecule has 0 aliphatic heterocycles. The van der Waals surface area contributed by atoms with Crippen LogP contribution in [0.15, 0.2) is 0 Å². The highest BCUT2D eigenvalue weighted by Gasteiger charge is 2.13. The van der Waals surface area contributed by atoms with E-state index < -0.39 is 16.1 Å². The summed E-state index contributed by atoms with van der Waals surface area (Å²) in [6.07, 6.45) is -0.0146. The molecule has 2 N–H and O–H groups in total. The minimum atomic E-state index is -3.17. The van der Waals surface area contributed by atoms with Gasteiger partial charge in [-0.3, -0.25) is 0 Å². The highest BCUT2D eigenvalue weighted by atomic mass is 32.2. The number of sulfonamides is 1. The largest absolute Gasteiger partial charge is 0.391 e. The molecule has 0 unspecified atom stereocenters. The highest BCUT2D eigenvalue weighted by Crippen LogP contribution is 2.00. The molecule has 0 saturated heterocycles. The third-order valence-corrected chi connectivity index (χ3v) is 3.31. The van der Waals surface area contributed by atoms with Crippen molar-refractivity contribution in [3.05, 3.63) is 0 Å². The highest BCUT2D eigenvalue weighted by molar-refractivity contribution is 7.89. The van der Waals surface area contributed by atoms with Crippen LogP contribution in [0.25, 0.3) is 0 Å². The van der Waals surface area contributed by atoms with Gasteiger partial charge in [-0.2, -0.15) is 0 Å². The zero-order valence-corrected chi connectivity index (χ0v) is 9.26. The van der Waals surface area contributed by atoms with Crippen molar-refractivity contribution in [2.75, 3.05) is 12.3 Å². The molecule has 0 aliphatic carbocycles. The molecule has 0 heterocycles. The molecule has 0 aromatic carbocycles. The van der Waals surface area contributed by atoms with E-state index in [2.05, 4.69) is 4.72 Å². The number of hydrogen-bond acceptors (Lipinski definition) is 3. The van der Waals surface area contributed by atoms with Crippen LogP contribution in [-0.4, -0.2) is 31.9 Å². The first kappa shape index (κ1) is 12.9. The number of aliphatic hydroxyl groups excluding tert-OH is 1. The Morgan fingerprint density at radius 1 is 1.38 bits per heavy atom. The summed E-state index contributed by atoms with van der Waals surface area (Å²) in [5.41, 5.74) is 0. The monoisotopic (exact) mass is 209 g/mol. The van der Waals surface area contributed by atoms with E-state index in [0.717, 1.165) is 0 Å². The van der Waals surface area contributed by atoms with E-state index in [-0.39, 0.29) is 18.2 Å². The van der Waals surface area contributed by atoms with Crippen LogP contribution in [0, 0.1) is 5.92 Å². The molecule has 1 atom stereocenters. The Bertz CT molecular complexity index is 224. The molecular formula is C8H19NO3S. The Morgan fingerprint density at radius 2 is 1.92 bits per heavy atom. The predicted molar refractivity (Wildman–Crippen MR) is 52.9 cm³/mol. The van der Waals surface area contributed by atoms with Gasteiger partial charge >= 0.3 is 0 Å². The van der Waals surface area contributed by atoms with Crippen LogP contribution in [-0.2, 0) is 10.0 Å². The van der Waals surface area contributed by atoms with Crippen molar-refractivity contribution in [1.82, 2.24) is 4.72 Å². The summed E-state index contributed by atoms with van der Waals surface area (Å²) in [5, 5.41) is 9.33. The standard InChI is InChI=1S/C8H19NO3S/c1-4-5-13(11,12)9-6-8(10)7(2)3/h7-10H,4-6H2,1-3H3/t8-/m1/s1. The number of nitrogens with one attached hydrogen (secondary N) is 1. The average molecular weight is 209 g/mol. The molecule has 0 fully saturated rings. The van der Waals surface area contributed by atoms with E-state index >= 15 is 0 Å². The first-order valence-electron chi connectivity index (χ1n) is 4.54. The van der Waals surface area contributed by atoms with E-state index in [9.17, 15) is 13.5 Å². The molecule has 0 amide bonds. The fraction of sp³-hybridized carbons (Fsp3) is 1.00. The number of aliphatic hydroxyl groups is 1. The number of rotatable bonds is 6. The lowest BCUT2D eigenvalue weighted by molar-refractivity contribution is 0.129. The fourth-order valence-corrected chi connectivity index (χ4v) is 1.90. The molecule has 0 bridgehead atoms. The Morgan fingerprint density at radius 3 is 2.31 bits per heavy atom. The predicted octanol–water partition coefficient (Wildman–Crippen LogP) is 0.333. The zero-order valence-electron chi connectivity index (χ0n) is 8.45. The fourth-order valence-electron chi connectivity index (χ4n) is 0.789. The Hall–Kier alpha value is -0.130. The van der Waals surface area contributed by atoms with E-state index in [0.29, 0.717) is 6.42 Å². The Kier molecular flexibility index (Phi) is 5.51. The van der Waals surface area contributed by atoms with Crippen LogP contribution in [0.3, 0.4) is 0 Å². The summed E-state index contributed by atoms with van der Waals surface area (Å²) >= 11 is 0. The SMILES string of the molecule is CCCS(=O)(=O)NC[C@@H](O)C(C)C. The first-order chi connectivity index (χ1) is 5.89. The van der Waals surface area contributed by atoms with Gasteiger partial charge in [0, 0.05) is 6.54 Å². The van der Waals surface area contributed by atoms with E-state index in [4.69, 9.17) is 0 Å². The lowest BCUT2D eigenvalue weighted by Gasteiger charge is -2.14. The maximum absolute atomic E-state index is 11.1. The van der Waals surface area contributed by atoms with Gasteiger partial charge in [0.15, 0.2) is 0 Å². The van der Waals surface area contributed by atoms with Crippen molar-refractivity contribution in [1.29, 1.82) is 0 Å². The molecule has 0 saturated carbocycles. The van der Waals surface area contributed by atoms with Gasteiger partial charge in [0.1, 0.15) is 0 Å². The molecule has 13 heavy (non-hydrogen) atoms. The van der Waals surface area contributed by atoms with Crippen LogP contribution in [0.5, 0.6) is 0 Å². The van der Waals surface area contributed by atoms with Gasteiger partial charge in [0.2, 0.25) is 10.0 Å². The van der Waals surface area contributed by atoms with Crippen molar-refractivity contribution in [2.24, 2.45) is 5.92 Å². The molecule has 0 aromatic heterocycles. The van der Waals surface area contributed by atoms with Crippen molar-refractivity contribution in [3.63, 3.8) is 0 Å². The van der Waals surface area contributed by atoms with Gasteiger partial charge in [-0.25, -0.2) is 13.1 Å². The van der Waals surface area contributed by atoms with E-state index in [1.807, 2.05) is 13.8 Å². The topological polar surface area (TPSA) is 66.4 Å². The molecule has 0 aromatic rings. The van der Waals surface area contributed by atoms with Crippen molar-refractivity contribution >= 4 is 10.0 Å². The number of hydrogen-bond donors (Lipinski definition) is 2. The average Bonchev–Trinajstić information content (AvgIpc) is 2.00. The third kappa shape index (κ3) is 6.01. The van der Waals surface area contributed by atoms with Crippen LogP contribution < -0.4 is 4.72 Å². The van der Waals surface area contributed by atoms with Crippen molar-refractivity contribution < 1.29 is 13.5 Å². The quantitative estimate of drug-likeness (QED) is 0.662. The second kappa shape index (κ2) is 5.57. The Labute approximate surface area is 80.4 Å². The molecule has 0 spiro atoms. The maximum atomic E-state index is 11.1. The van der Waals surface area contributed by atoms with Crippen molar-refractivity contribution in [3.8, 4) is 0 Å². The lowest BCUT2D eigenvalue weighted by Crippen LogP contribution is -2.35. The molecule has 5 heteroatoms. The summed E-state index contributed by atoms with van der Waals surface area (Å²) in [5.74, 6) is 0.196. The molecule has 80 valence electrons. The van der Waals surface area contributed by atoms with E-state index in [1.165, 1.54) is 0 Å². The minimum absolute atomic E-state index is 0.0735. The summed E-state index contributed by atoms with van der Waals surface area (Å²) < 4.78 is 24.6. The maximum Gasteiger partial charge on any atom is 0.211 e. The van der Waals surface area contributed by atoms with Crippen LogP contribution in [0.4, 0.5) is 0 Å². The summed E-state index contributed by atoms with van der Waals surface area (Å²) in [4.78, 5) is 0. The third-order valence-electron chi connectivity index (χ3n) is 1.75. The van der Waals surface area contributed by atoms with Gasteiger partial charge in [0.05, 0.1) is 11.9 Å². The smallest absolute Gasteiger partial charge is 0.211 e. The van der Waals surface area contributed by atoms with Gasteiger partial charge < -0.3 is 5.11 Å². The van der Waals surface area contributed by atoms with Gasteiger partial charge in [-0.1, -0.05) is 20.8 Å². The summed E-state index contributed by atoms with van der Waals surface area (Å²) in [6, 6.07) is 0. The molecular weight excluding hydrogens is 190 g/mol. The second-order valence-corrected chi connectivity index (χ2v) is 5.41. The van der Waals surface area contributed by atoms with Crippen LogP contribution in [0.1, 0.15) is 27.2 Å². The molecule has 0 rings (SSSR count). The van der Waals surface area contributed by atoms with E-state index in [1.54, 1.807) is 6.92 Å². The van der Waals surface area contributed by atoms with Crippen LogP contribution in [0.2, 0.25) is 0 Å². The first-order valence-corrected chi connectivity index (χ1v) is 6.19. The van der Waals surface area contributed by atoms with Gasteiger partial charge in [0.25, 0.3) is 0 Å². The second-order valence-electron chi connectivity index (χ2n) is 3.48. The summed E-state index contributed by atoms with van der Waals surface area (Å²) in [6.45, 7) is 5.61. The molecule has 0 aliphatic rings. The molecule has 0 radical (unpaired) electrons.